The van der Waals surface area contributed by atoms with E-state index in [1.165, 1.54) is 11.3 Å². The van der Waals surface area contributed by atoms with Crippen molar-refractivity contribution in [3.05, 3.63) is 29.0 Å². The van der Waals surface area contributed by atoms with Crippen molar-refractivity contribution >= 4 is 23.2 Å². The minimum atomic E-state index is 0.435. The van der Waals surface area contributed by atoms with Crippen LogP contribution in [0, 0.1) is 0 Å². The number of rotatable bonds is 2. The summed E-state index contributed by atoms with van der Waals surface area (Å²) in [6, 6.07) is 3.72. The second-order valence-corrected chi connectivity index (χ2v) is 2.51. The molecule has 1 radical (unpaired) electrons. The first kappa shape index (κ1) is 6.23. The normalized spacial score (nSPS) is 8.89. The predicted octanol–water partition coefficient (Wildman–Crippen LogP) is 1.87. The average Bonchev–Trinajstić information content (AvgIpc) is 2.37. The second-order valence-electron chi connectivity index (χ2n) is 1.56. The molecule has 1 heterocycles. The van der Waals surface area contributed by atoms with E-state index in [4.69, 9.17) is 0 Å². The summed E-state index contributed by atoms with van der Waals surface area (Å²) >= 11 is 1.49. The smallest absolute Gasteiger partial charge is 0.234 e. The fourth-order valence-corrected chi connectivity index (χ4v) is 1.15. The van der Waals surface area contributed by atoms with Gasteiger partial charge in [-0.25, -0.2) is 0 Å². The molecule has 0 aliphatic rings. The van der Waals surface area contributed by atoms with E-state index in [2.05, 4.69) is 6.58 Å². The van der Waals surface area contributed by atoms with Crippen LogP contribution < -0.4 is 0 Å². The van der Waals surface area contributed by atoms with Gasteiger partial charge in [0, 0.05) is 10.5 Å². The fourth-order valence-electron chi connectivity index (χ4n) is 0.501. The molecule has 1 rings (SSSR count). The van der Waals surface area contributed by atoms with Gasteiger partial charge in [-0.3, -0.25) is 4.79 Å². The Kier molecular flexibility index (Phi) is 1.80. The van der Waals surface area contributed by atoms with Crippen molar-refractivity contribution in [2.75, 3.05) is 0 Å². The molecule has 0 fully saturated rings. The molecule has 9 heavy (non-hydrogen) atoms. The first-order chi connectivity index (χ1) is 4.34. The summed E-state index contributed by atoms with van der Waals surface area (Å²) in [7, 11) is 0. The van der Waals surface area contributed by atoms with Crippen molar-refractivity contribution in [1.82, 2.24) is 0 Å². The maximum absolute atomic E-state index is 9.99. The number of hydrogen-bond donors (Lipinski definition) is 0. The molecule has 0 atom stereocenters. The van der Waals surface area contributed by atoms with E-state index in [-0.39, 0.29) is 0 Å². The molecule has 0 spiro atoms. The highest BCUT2D eigenvalue weighted by molar-refractivity contribution is 7.11. The van der Waals surface area contributed by atoms with Crippen LogP contribution in [0.25, 0.3) is 5.57 Å². The molecular formula is C7H5OS. The van der Waals surface area contributed by atoms with Gasteiger partial charge in [0.2, 0.25) is 6.29 Å². The standard InChI is InChI=1S/C7H5OS/c1-6(5-8)7-3-2-4-9-7/h2-4H,1H2. The van der Waals surface area contributed by atoms with Gasteiger partial charge in [0.15, 0.2) is 0 Å². The zero-order chi connectivity index (χ0) is 6.69. The Hall–Kier alpha value is -0.890. The van der Waals surface area contributed by atoms with Crippen LogP contribution in [0.1, 0.15) is 4.88 Å². The van der Waals surface area contributed by atoms with Gasteiger partial charge in [-0.2, -0.15) is 0 Å². The average molecular weight is 137 g/mol. The van der Waals surface area contributed by atoms with Crippen LogP contribution in [0.3, 0.4) is 0 Å². The lowest BCUT2D eigenvalue weighted by atomic mass is 10.3. The van der Waals surface area contributed by atoms with E-state index in [1.54, 1.807) is 6.29 Å². The summed E-state index contributed by atoms with van der Waals surface area (Å²) < 4.78 is 0. The van der Waals surface area contributed by atoms with E-state index in [1.807, 2.05) is 17.5 Å². The molecule has 0 saturated carbocycles. The monoisotopic (exact) mass is 137 g/mol. The van der Waals surface area contributed by atoms with E-state index in [9.17, 15) is 4.79 Å². The van der Waals surface area contributed by atoms with Crippen LogP contribution in [0.15, 0.2) is 24.1 Å². The Morgan fingerprint density at radius 3 is 3.00 bits per heavy atom. The Morgan fingerprint density at radius 2 is 2.56 bits per heavy atom. The molecule has 0 aromatic carbocycles. The first-order valence-corrected chi connectivity index (χ1v) is 3.33. The van der Waals surface area contributed by atoms with Crippen molar-refractivity contribution in [2.45, 2.75) is 0 Å². The number of carbonyl (C=O) groups excluding carboxylic acids is 1. The number of allylic oxidation sites excluding steroid dienone is 1. The predicted molar refractivity (Wildman–Crippen MR) is 39.0 cm³/mol. The van der Waals surface area contributed by atoms with Crippen molar-refractivity contribution in [3.63, 3.8) is 0 Å². The van der Waals surface area contributed by atoms with Crippen LogP contribution in [-0.4, -0.2) is 6.29 Å². The fraction of sp³-hybridized carbons (Fsp3) is 0. The van der Waals surface area contributed by atoms with E-state index in [0.717, 1.165) is 4.88 Å². The highest BCUT2D eigenvalue weighted by atomic mass is 32.1. The largest absolute Gasteiger partial charge is 0.285 e. The number of thiophene rings is 1. The first-order valence-electron chi connectivity index (χ1n) is 2.45. The second kappa shape index (κ2) is 2.60. The zero-order valence-electron chi connectivity index (χ0n) is 4.76. The number of hydrogen-bond acceptors (Lipinski definition) is 2. The Morgan fingerprint density at radius 1 is 1.78 bits per heavy atom. The molecule has 0 amide bonds. The topological polar surface area (TPSA) is 17.1 Å². The van der Waals surface area contributed by atoms with Crippen LogP contribution >= 0.6 is 11.3 Å². The molecule has 0 aliphatic carbocycles. The van der Waals surface area contributed by atoms with Crippen LogP contribution in [0.2, 0.25) is 0 Å². The Bertz CT molecular complexity index is 211. The third-order valence-corrected chi connectivity index (χ3v) is 1.87. The van der Waals surface area contributed by atoms with Crippen molar-refractivity contribution in [1.29, 1.82) is 0 Å². The summed E-state index contributed by atoms with van der Waals surface area (Å²) in [4.78, 5) is 10.9. The van der Waals surface area contributed by atoms with E-state index < -0.39 is 0 Å². The molecule has 0 aliphatic heterocycles. The van der Waals surface area contributed by atoms with Crippen molar-refractivity contribution in [2.24, 2.45) is 0 Å². The molecule has 45 valence electrons. The van der Waals surface area contributed by atoms with Gasteiger partial charge in [-0.1, -0.05) is 12.6 Å². The van der Waals surface area contributed by atoms with Crippen molar-refractivity contribution < 1.29 is 4.79 Å². The molecule has 0 unspecified atom stereocenters. The van der Waals surface area contributed by atoms with Gasteiger partial charge in [0.05, 0.1) is 0 Å². The molecule has 0 saturated heterocycles. The molecule has 0 bridgehead atoms. The lowest BCUT2D eigenvalue weighted by molar-refractivity contribution is 0.565. The molecule has 1 nitrogen and oxygen atoms in total. The lowest BCUT2D eigenvalue weighted by Crippen LogP contribution is -1.74. The zero-order valence-corrected chi connectivity index (χ0v) is 5.57. The van der Waals surface area contributed by atoms with Crippen LogP contribution in [0.5, 0.6) is 0 Å². The molecule has 2 heteroatoms. The minimum absolute atomic E-state index is 0.435. The Labute approximate surface area is 57.6 Å². The van der Waals surface area contributed by atoms with E-state index >= 15 is 0 Å². The summed E-state index contributed by atoms with van der Waals surface area (Å²) in [5.41, 5.74) is 0.435. The highest BCUT2D eigenvalue weighted by Gasteiger charge is 1.95. The SMILES string of the molecule is C=C([C]=O)c1cccs1. The summed E-state index contributed by atoms with van der Waals surface area (Å²) in [6.45, 7) is 3.50. The molecule has 1 aromatic heterocycles. The molecule has 1 aromatic rings. The van der Waals surface area contributed by atoms with Gasteiger partial charge in [-0.15, -0.1) is 11.3 Å². The van der Waals surface area contributed by atoms with Gasteiger partial charge >= 0.3 is 0 Å². The van der Waals surface area contributed by atoms with Gasteiger partial charge in [-0.05, 0) is 11.4 Å². The van der Waals surface area contributed by atoms with Gasteiger partial charge in [0.1, 0.15) is 0 Å². The Balaban J connectivity index is 2.89. The third kappa shape index (κ3) is 1.27. The summed E-state index contributed by atoms with van der Waals surface area (Å²) in [6.07, 6.45) is 1.73. The molecular weight excluding hydrogens is 132 g/mol. The third-order valence-electron chi connectivity index (χ3n) is 0.942. The lowest BCUT2D eigenvalue weighted by Gasteiger charge is -1.84. The van der Waals surface area contributed by atoms with Crippen LogP contribution in [0.4, 0.5) is 0 Å². The minimum Gasteiger partial charge on any atom is -0.285 e. The van der Waals surface area contributed by atoms with E-state index in [0.29, 0.717) is 5.57 Å². The highest BCUT2D eigenvalue weighted by Crippen LogP contribution is 2.15. The van der Waals surface area contributed by atoms with Crippen LogP contribution in [-0.2, 0) is 4.79 Å². The van der Waals surface area contributed by atoms with Gasteiger partial charge in [0.25, 0.3) is 0 Å². The van der Waals surface area contributed by atoms with Crippen molar-refractivity contribution in [3.8, 4) is 0 Å². The molecule has 0 N–H and O–H groups in total. The summed E-state index contributed by atoms with van der Waals surface area (Å²) in [5.74, 6) is 0. The quantitative estimate of drug-likeness (QED) is 0.569. The van der Waals surface area contributed by atoms with Gasteiger partial charge < -0.3 is 0 Å². The summed E-state index contributed by atoms with van der Waals surface area (Å²) in [5, 5.41) is 1.90. The maximum atomic E-state index is 9.99. The maximum Gasteiger partial charge on any atom is 0.234 e.